The highest BCUT2D eigenvalue weighted by atomic mass is 19.2. The van der Waals surface area contributed by atoms with Crippen molar-refractivity contribution in [1.82, 2.24) is 4.90 Å². The number of rotatable bonds is 2. The molecule has 4 nitrogen and oxygen atoms in total. The predicted molar refractivity (Wildman–Crippen MR) is 63.6 cm³/mol. The average Bonchev–Trinajstić information content (AvgIpc) is 2.42. The number of nitrogens with zero attached hydrogens (tertiary/aromatic N) is 1. The van der Waals surface area contributed by atoms with Crippen LogP contribution in [-0.2, 0) is 4.74 Å². The van der Waals surface area contributed by atoms with Gasteiger partial charge < -0.3 is 14.7 Å². The summed E-state index contributed by atoms with van der Waals surface area (Å²) in [6.07, 6.45) is -0.566. The summed E-state index contributed by atoms with van der Waals surface area (Å²) < 4.78 is 44.9. The van der Waals surface area contributed by atoms with Crippen LogP contribution < -0.4 is 0 Å². The quantitative estimate of drug-likeness (QED) is 0.836. The summed E-state index contributed by atoms with van der Waals surface area (Å²) in [7, 11) is 0. The van der Waals surface area contributed by atoms with Crippen molar-refractivity contribution in [2.75, 3.05) is 19.8 Å². The van der Waals surface area contributed by atoms with E-state index in [-0.39, 0.29) is 25.8 Å². The lowest BCUT2D eigenvalue weighted by atomic mass is 10.1. The summed E-state index contributed by atoms with van der Waals surface area (Å²) in [5.74, 6) is -4.50. The summed E-state index contributed by atoms with van der Waals surface area (Å²) in [6.45, 7) is 1.65. The van der Waals surface area contributed by atoms with Gasteiger partial charge in [0.05, 0.1) is 30.9 Å². The van der Waals surface area contributed by atoms with E-state index in [1.807, 2.05) is 0 Å². The van der Waals surface area contributed by atoms with E-state index >= 15 is 0 Å². The maximum absolute atomic E-state index is 13.6. The minimum absolute atomic E-state index is 0.0644. The molecule has 20 heavy (non-hydrogen) atoms. The van der Waals surface area contributed by atoms with Crippen LogP contribution in [0.4, 0.5) is 13.2 Å². The third-order valence-electron chi connectivity index (χ3n) is 3.21. The number of carbonyl (C=O) groups excluding carboxylic acids is 1. The van der Waals surface area contributed by atoms with Crippen LogP contribution >= 0.6 is 0 Å². The molecule has 2 atom stereocenters. The monoisotopic (exact) mass is 289 g/mol. The molecule has 7 heteroatoms. The Labute approximate surface area is 113 Å². The highest BCUT2D eigenvalue weighted by molar-refractivity contribution is 5.94. The minimum Gasteiger partial charge on any atom is -0.394 e. The molecule has 0 spiro atoms. The molecule has 1 amide bonds. The van der Waals surface area contributed by atoms with E-state index in [1.165, 1.54) is 4.90 Å². The number of hydrogen-bond donors (Lipinski definition) is 1. The minimum atomic E-state index is -1.35. The van der Waals surface area contributed by atoms with E-state index in [0.29, 0.717) is 12.1 Å². The molecule has 1 aromatic carbocycles. The number of aliphatic hydroxyl groups excluding tert-OH is 1. The molecule has 1 aliphatic rings. The molecule has 2 rings (SSSR count). The summed E-state index contributed by atoms with van der Waals surface area (Å²) in [4.78, 5) is 13.5. The van der Waals surface area contributed by atoms with Crippen molar-refractivity contribution >= 4 is 5.91 Å². The zero-order valence-corrected chi connectivity index (χ0v) is 10.8. The third-order valence-corrected chi connectivity index (χ3v) is 3.21. The first-order chi connectivity index (χ1) is 9.43. The van der Waals surface area contributed by atoms with Gasteiger partial charge in [-0.05, 0) is 13.0 Å². The molecule has 1 aliphatic heterocycles. The van der Waals surface area contributed by atoms with Gasteiger partial charge in [-0.25, -0.2) is 13.2 Å². The number of halogens is 3. The molecular formula is C13H14F3NO3. The largest absolute Gasteiger partial charge is 0.394 e. The zero-order chi connectivity index (χ0) is 14.9. The van der Waals surface area contributed by atoms with Crippen LogP contribution in [0.25, 0.3) is 0 Å². The SMILES string of the molecule is CC1COC(CO)CN1C(=O)c1cc(F)c(F)cc1F. The van der Waals surface area contributed by atoms with Crippen LogP contribution in [0.1, 0.15) is 17.3 Å². The molecule has 1 saturated heterocycles. The van der Waals surface area contributed by atoms with Crippen molar-refractivity contribution < 1.29 is 27.8 Å². The maximum atomic E-state index is 13.6. The third kappa shape index (κ3) is 2.78. The van der Waals surface area contributed by atoms with Crippen LogP contribution in [0.3, 0.4) is 0 Å². The van der Waals surface area contributed by atoms with Gasteiger partial charge in [-0.3, -0.25) is 4.79 Å². The number of hydrogen-bond acceptors (Lipinski definition) is 3. The molecule has 1 fully saturated rings. The number of amides is 1. The first kappa shape index (κ1) is 14.8. The van der Waals surface area contributed by atoms with E-state index < -0.39 is 35.0 Å². The Morgan fingerprint density at radius 2 is 2.00 bits per heavy atom. The van der Waals surface area contributed by atoms with Gasteiger partial charge in [0.25, 0.3) is 5.91 Å². The van der Waals surface area contributed by atoms with Gasteiger partial charge >= 0.3 is 0 Å². The van der Waals surface area contributed by atoms with E-state index in [9.17, 15) is 18.0 Å². The highest BCUT2D eigenvalue weighted by Gasteiger charge is 2.31. The van der Waals surface area contributed by atoms with E-state index in [4.69, 9.17) is 9.84 Å². The molecule has 0 radical (unpaired) electrons. The zero-order valence-electron chi connectivity index (χ0n) is 10.8. The van der Waals surface area contributed by atoms with Crippen LogP contribution in [0, 0.1) is 17.5 Å². The first-order valence-electron chi connectivity index (χ1n) is 6.12. The second-order valence-electron chi connectivity index (χ2n) is 4.69. The molecule has 0 bridgehead atoms. The fraction of sp³-hybridized carbons (Fsp3) is 0.462. The standard InChI is InChI=1S/C13H14F3NO3/c1-7-6-20-8(5-18)4-17(7)13(19)9-2-11(15)12(16)3-10(9)14/h2-3,7-8,18H,4-6H2,1H3. The second-order valence-corrected chi connectivity index (χ2v) is 4.69. The molecule has 1 aromatic rings. The summed E-state index contributed by atoms with van der Waals surface area (Å²) in [5, 5.41) is 9.04. The van der Waals surface area contributed by atoms with Gasteiger partial charge in [0.2, 0.25) is 0 Å². The molecule has 2 unspecified atom stereocenters. The normalized spacial score (nSPS) is 22.9. The first-order valence-corrected chi connectivity index (χ1v) is 6.12. The van der Waals surface area contributed by atoms with Crippen molar-refractivity contribution in [2.24, 2.45) is 0 Å². The Morgan fingerprint density at radius 3 is 2.65 bits per heavy atom. The van der Waals surface area contributed by atoms with Crippen molar-refractivity contribution in [3.05, 3.63) is 35.1 Å². The summed E-state index contributed by atoms with van der Waals surface area (Å²) >= 11 is 0. The van der Waals surface area contributed by atoms with Crippen LogP contribution in [0.15, 0.2) is 12.1 Å². The highest BCUT2D eigenvalue weighted by Crippen LogP contribution is 2.19. The van der Waals surface area contributed by atoms with Gasteiger partial charge in [-0.2, -0.15) is 0 Å². The van der Waals surface area contributed by atoms with Gasteiger partial charge in [-0.1, -0.05) is 0 Å². The number of benzene rings is 1. The Hall–Kier alpha value is -1.60. The van der Waals surface area contributed by atoms with Crippen LogP contribution in [0.5, 0.6) is 0 Å². The van der Waals surface area contributed by atoms with E-state index in [2.05, 4.69) is 0 Å². The fourth-order valence-corrected chi connectivity index (χ4v) is 2.05. The number of morpholine rings is 1. The van der Waals surface area contributed by atoms with Crippen molar-refractivity contribution in [1.29, 1.82) is 0 Å². The molecule has 0 saturated carbocycles. The number of carbonyl (C=O) groups is 1. The van der Waals surface area contributed by atoms with Crippen LogP contribution in [0.2, 0.25) is 0 Å². The smallest absolute Gasteiger partial charge is 0.257 e. The molecular weight excluding hydrogens is 275 g/mol. The lowest BCUT2D eigenvalue weighted by Crippen LogP contribution is -2.52. The Bertz CT molecular complexity index is 524. The lowest BCUT2D eigenvalue weighted by molar-refractivity contribution is -0.0668. The molecule has 110 valence electrons. The molecule has 1 heterocycles. The van der Waals surface area contributed by atoms with Crippen molar-refractivity contribution in [3.63, 3.8) is 0 Å². The fourth-order valence-electron chi connectivity index (χ4n) is 2.05. The van der Waals surface area contributed by atoms with Gasteiger partial charge in [0.15, 0.2) is 11.6 Å². The molecule has 0 aromatic heterocycles. The van der Waals surface area contributed by atoms with Gasteiger partial charge in [0.1, 0.15) is 5.82 Å². The Kier molecular flexibility index (Phi) is 4.29. The maximum Gasteiger partial charge on any atom is 0.257 e. The topological polar surface area (TPSA) is 49.8 Å². The van der Waals surface area contributed by atoms with Crippen LogP contribution in [-0.4, -0.2) is 47.8 Å². The van der Waals surface area contributed by atoms with E-state index in [0.717, 1.165) is 0 Å². The average molecular weight is 289 g/mol. The van der Waals surface area contributed by atoms with Crippen molar-refractivity contribution in [3.8, 4) is 0 Å². The Morgan fingerprint density at radius 1 is 1.35 bits per heavy atom. The predicted octanol–water partition coefficient (Wildman–Crippen LogP) is 1.33. The lowest BCUT2D eigenvalue weighted by Gasteiger charge is -2.37. The molecule has 0 aliphatic carbocycles. The second kappa shape index (κ2) is 5.80. The number of ether oxygens (including phenoxy) is 1. The summed E-state index contributed by atoms with van der Waals surface area (Å²) in [5.41, 5.74) is -0.533. The number of aliphatic hydroxyl groups is 1. The Balaban J connectivity index is 2.28. The van der Waals surface area contributed by atoms with Gasteiger partial charge in [0, 0.05) is 12.6 Å². The molecule has 1 N–H and O–H groups in total. The van der Waals surface area contributed by atoms with Gasteiger partial charge in [-0.15, -0.1) is 0 Å². The van der Waals surface area contributed by atoms with E-state index in [1.54, 1.807) is 6.92 Å². The summed E-state index contributed by atoms with van der Waals surface area (Å²) in [6, 6.07) is 0.540. The van der Waals surface area contributed by atoms with Crippen molar-refractivity contribution in [2.45, 2.75) is 19.1 Å².